The maximum Gasteiger partial charge on any atom is 0.253 e. The Kier molecular flexibility index (Phi) is 6.46. The summed E-state index contributed by atoms with van der Waals surface area (Å²) in [6.45, 7) is 3.99. The van der Waals surface area contributed by atoms with Crippen LogP contribution >= 0.6 is 0 Å². The molecule has 0 aromatic heterocycles. The molecule has 0 atom stereocenters. The van der Waals surface area contributed by atoms with Gasteiger partial charge in [-0.1, -0.05) is 37.5 Å². The van der Waals surface area contributed by atoms with Crippen molar-refractivity contribution in [1.29, 1.82) is 0 Å². The highest BCUT2D eigenvalue weighted by Gasteiger charge is 2.41. The third-order valence-electron chi connectivity index (χ3n) is 7.51. The van der Waals surface area contributed by atoms with Gasteiger partial charge < -0.3 is 24.6 Å². The first kappa shape index (κ1) is 22.7. The van der Waals surface area contributed by atoms with E-state index >= 15 is 0 Å². The van der Waals surface area contributed by atoms with E-state index in [1.165, 1.54) is 0 Å². The van der Waals surface area contributed by atoms with Gasteiger partial charge in [0.15, 0.2) is 11.5 Å². The Balaban J connectivity index is 1.25. The number of amides is 2. The summed E-state index contributed by atoms with van der Waals surface area (Å²) >= 11 is 0. The summed E-state index contributed by atoms with van der Waals surface area (Å²) in [7, 11) is 2.08. The molecule has 2 fully saturated rings. The second-order valence-corrected chi connectivity index (χ2v) is 9.69. The number of carbonyl (C=O) groups is 2. The molecule has 1 saturated heterocycles. The zero-order chi connectivity index (χ0) is 23.5. The predicted octanol–water partition coefficient (Wildman–Crippen LogP) is 3.32. The maximum absolute atomic E-state index is 13.6. The highest BCUT2D eigenvalue weighted by Crippen LogP contribution is 2.43. The van der Waals surface area contributed by atoms with Crippen LogP contribution in [0.2, 0.25) is 0 Å². The molecule has 0 unspecified atom stereocenters. The van der Waals surface area contributed by atoms with E-state index in [4.69, 9.17) is 9.47 Å². The molecule has 2 heterocycles. The van der Waals surface area contributed by atoms with Crippen LogP contribution in [0.25, 0.3) is 0 Å². The van der Waals surface area contributed by atoms with E-state index in [2.05, 4.69) is 17.3 Å². The normalized spacial score (nSPS) is 19.6. The van der Waals surface area contributed by atoms with Crippen LogP contribution in [0.1, 0.15) is 53.6 Å². The van der Waals surface area contributed by atoms with Gasteiger partial charge in [0, 0.05) is 38.3 Å². The number of piperazine rings is 1. The van der Waals surface area contributed by atoms with Crippen LogP contribution in [0.4, 0.5) is 0 Å². The van der Waals surface area contributed by atoms with Gasteiger partial charge in [0.05, 0.1) is 5.41 Å². The number of ether oxygens (including phenoxy) is 2. The minimum atomic E-state index is -0.545. The highest BCUT2D eigenvalue weighted by atomic mass is 16.7. The van der Waals surface area contributed by atoms with Crippen LogP contribution in [0.5, 0.6) is 11.5 Å². The molecule has 34 heavy (non-hydrogen) atoms. The second-order valence-electron chi connectivity index (χ2n) is 9.69. The Morgan fingerprint density at radius 2 is 1.62 bits per heavy atom. The van der Waals surface area contributed by atoms with Gasteiger partial charge in [-0.15, -0.1) is 0 Å². The number of benzene rings is 2. The number of carbonyl (C=O) groups excluding carboxylic acids is 2. The maximum atomic E-state index is 13.6. The van der Waals surface area contributed by atoms with E-state index in [1.807, 2.05) is 47.4 Å². The molecule has 2 aromatic carbocycles. The van der Waals surface area contributed by atoms with Gasteiger partial charge in [-0.05, 0) is 55.3 Å². The van der Waals surface area contributed by atoms with Gasteiger partial charge in [0.2, 0.25) is 12.7 Å². The van der Waals surface area contributed by atoms with Gasteiger partial charge in [0.1, 0.15) is 0 Å². The quantitative estimate of drug-likeness (QED) is 0.737. The molecule has 0 spiro atoms. The predicted molar refractivity (Wildman–Crippen MR) is 129 cm³/mol. The van der Waals surface area contributed by atoms with Crippen molar-refractivity contribution in [3.05, 3.63) is 59.2 Å². The van der Waals surface area contributed by atoms with E-state index in [0.29, 0.717) is 12.1 Å². The standard InChI is InChI=1S/C27H33N3O4/c1-29-13-15-30(16-14-29)25(31)21-7-5-20(6-8-21)18-28-26(32)27(11-3-2-4-12-27)22-9-10-23-24(17-22)34-19-33-23/h5-10,17H,2-4,11-16,18-19H2,1H3,(H,28,32). The smallest absolute Gasteiger partial charge is 0.253 e. The number of rotatable bonds is 5. The molecule has 2 amide bonds. The van der Waals surface area contributed by atoms with Crippen molar-refractivity contribution >= 4 is 11.8 Å². The number of likely N-dealkylation sites (N-methyl/N-ethyl adjacent to an activating group) is 1. The fourth-order valence-corrected chi connectivity index (χ4v) is 5.31. The summed E-state index contributed by atoms with van der Waals surface area (Å²) in [6, 6.07) is 13.5. The Labute approximate surface area is 201 Å². The lowest BCUT2D eigenvalue weighted by atomic mass is 9.68. The van der Waals surface area contributed by atoms with Crippen molar-refractivity contribution in [2.45, 2.75) is 44.1 Å². The molecule has 1 saturated carbocycles. The van der Waals surface area contributed by atoms with Crippen LogP contribution in [-0.4, -0.2) is 61.6 Å². The molecule has 0 radical (unpaired) electrons. The van der Waals surface area contributed by atoms with E-state index in [0.717, 1.165) is 80.9 Å². The molecule has 1 aliphatic carbocycles. The Morgan fingerprint density at radius 1 is 0.912 bits per heavy atom. The fraction of sp³-hybridized carbons (Fsp3) is 0.481. The van der Waals surface area contributed by atoms with Crippen LogP contribution in [-0.2, 0) is 16.8 Å². The average Bonchev–Trinajstić information content (AvgIpc) is 3.36. The van der Waals surface area contributed by atoms with Crippen LogP contribution < -0.4 is 14.8 Å². The number of hydrogen-bond acceptors (Lipinski definition) is 5. The molecule has 5 rings (SSSR count). The summed E-state index contributed by atoms with van der Waals surface area (Å²) in [5.41, 5.74) is 2.14. The largest absolute Gasteiger partial charge is 0.454 e. The molecular weight excluding hydrogens is 430 g/mol. The second kappa shape index (κ2) is 9.66. The summed E-state index contributed by atoms with van der Waals surface area (Å²) < 4.78 is 11.0. The van der Waals surface area contributed by atoms with E-state index in [9.17, 15) is 9.59 Å². The average molecular weight is 464 g/mol. The first-order chi connectivity index (χ1) is 16.5. The van der Waals surface area contributed by atoms with Crippen molar-refractivity contribution in [1.82, 2.24) is 15.1 Å². The molecule has 1 N–H and O–H groups in total. The van der Waals surface area contributed by atoms with Crippen LogP contribution in [0.3, 0.4) is 0 Å². The lowest BCUT2D eigenvalue weighted by Crippen LogP contribution is -2.47. The van der Waals surface area contributed by atoms with E-state index in [1.54, 1.807) is 0 Å². The minimum Gasteiger partial charge on any atom is -0.454 e. The van der Waals surface area contributed by atoms with Crippen molar-refractivity contribution in [3.8, 4) is 11.5 Å². The molecule has 3 aliphatic rings. The van der Waals surface area contributed by atoms with Gasteiger partial charge >= 0.3 is 0 Å². The first-order valence-corrected chi connectivity index (χ1v) is 12.3. The highest BCUT2D eigenvalue weighted by molar-refractivity contribution is 5.94. The van der Waals surface area contributed by atoms with E-state index in [-0.39, 0.29) is 18.6 Å². The summed E-state index contributed by atoms with van der Waals surface area (Å²) in [5, 5.41) is 3.18. The number of fused-ring (bicyclic) bond motifs is 1. The van der Waals surface area contributed by atoms with Crippen LogP contribution in [0.15, 0.2) is 42.5 Å². The Hall–Kier alpha value is -3.06. The molecule has 7 nitrogen and oxygen atoms in total. The van der Waals surface area contributed by atoms with E-state index < -0.39 is 5.41 Å². The number of nitrogens with one attached hydrogen (secondary N) is 1. The third-order valence-corrected chi connectivity index (χ3v) is 7.51. The topological polar surface area (TPSA) is 71.1 Å². The molecule has 180 valence electrons. The van der Waals surface area contributed by atoms with Crippen molar-refractivity contribution in [2.75, 3.05) is 40.0 Å². The lowest BCUT2D eigenvalue weighted by Gasteiger charge is -2.36. The molecular formula is C27H33N3O4. The molecule has 2 aliphatic heterocycles. The molecule has 7 heteroatoms. The van der Waals surface area contributed by atoms with Gasteiger partial charge in [-0.3, -0.25) is 9.59 Å². The zero-order valence-corrected chi connectivity index (χ0v) is 19.8. The Bertz CT molecular complexity index is 1040. The third kappa shape index (κ3) is 4.49. The summed E-state index contributed by atoms with van der Waals surface area (Å²) in [6.07, 6.45) is 4.88. The van der Waals surface area contributed by atoms with Gasteiger partial charge in [-0.25, -0.2) is 0 Å². The Morgan fingerprint density at radius 3 is 2.35 bits per heavy atom. The van der Waals surface area contributed by atoms with Crippen molar-refractivity contribution in [3.63, 3.8) is 0 Å². The monoisotopic (exact) mass is 463 g/mol. The number of hydrogen-bond donors (Lipinski definition) is 1. The molecule has 2 aromatic rings. The zero-order valence-electron chi connectivity index (χ0n) is 19.8. The fourth-order valence-electron chi connectivity index (χ4n) is 5.31. The minimum absolute atomic E-state index is 0.0589. The summed E-state index contributed by atoms with van der Waals surface area (Å²) in [5.74, 6) is 1.59. The van der Waals surface area contributed by atoms with Crippen molar-refractivity contribution < 1.29 is 19.1 Å². The van der Waals surface area contributed by atoms with Crippen molar-refractivity contribution in [2.24, 2.45) is 0 Å². The van der Waals surface area contributed by atoms with Gasteiger partial charge in [-0.2, -0.15) is 0 Å². The summed E-state index contributed by atoms with van der Waals surface area (Å²) in [4.78, 5) is 30.5. The number of nitrogens with zero attached hydrogens (tertiary/aromatic N) is 2. The first-order valence-electron chi connectivity index (χ1n) is 12.3. The van der Waals surface area contributed by atoms with Gasteiger partial charge in [0.25, 0.3) is 5.91 Å². The van der Waals surface area contributed by atoms with Crippen LogP contribution in [0, 0.1) is 0 Å². The molecule has 0 bridgehead atoms. The SMILES string of the molecule is CN1CCN(C(=O)c2ccc(CNC(=O)C3(c4ccc5c(c4)OCO5)CCCCC3)cc2)CC1. The lowest BCUT2D eigenvalue weighted by molar-refractivity contribution is -0.128.